The molecular weight excluding hydrogens is 388 g/mol. The molecule has 4 rings (SSSR count). The van der Waals surface area contributed by atoms with Gasteiger partial charge in [0.1, 0.15) is 16.6 Å². The smallest absolute Gasteiger partial charge is 0.136 e. The van der Waals surface area contributed by atoms with E-state index in [1.165, 1.54) is 11.3 Å². The maximum atomic E-state index is 9.61. The van der Waals surface area contributed by atoms with Crippen molar-refractivity contribution in [2.75, 3.05) is 5.32 Å². The SMILES string of the molecule is Cc1ccc2cccc(N/C=C(\C#N)c3nc(-c4ccc(Cl)cc4)cs3)c2n1. The van der Waals surface area contributed by atoms with E-state index in [1.807, 2.05) is 66.9 Å². The fraction of sp³-hybridized carbons (Fsp3) is 0.0455. The monoisotopic (exact) mass is 402 g/mol. The number of nitriles is 1. The number of para-hydroxylation sites is 1. The number of benzene rings is 2. The highest BCUT2D eigenvalue weighted by Gasteiger charge is 2.10. The lowest BCUT2D eigenvalue weighted by atomic mass is 10.1. The number of anilines is 1. The summed E-state index contributed by atoms with van der Waals surface area (Å²) in [7, 11) is 0. The third-order valence-electron chi connectivity index (χ3n) is 4.23. The fourth-order valence-electron chi connectivity index (χ4n) is 2.80. The van der Waals surface area contributed by atoms with Crippen molar-refractivity contribution in [2.45, 2.75) is 6.92 Å². The molecule has 2 aromatic heterocycles. The van der Waals surface area contributed by atoms with Crippen LogP contribution in [0.15, 0.2) is 66.2 Å². The first-order chi connectivity index (χ1) is 13.6. The zero-order valence-corrected chi connectivity index (χ0v) is 16.6. The Bertz CT molecular complexity index is 1220. The summed E-state index contributed by atoms with van der Waals surface area (Å²) in [4.78, 5) is 9.20. The molecule has 0 bridgehead atoms. The maximum Gasteiger partial charge on any atom is 0.136 e. The van der Waals surface area contributed by atoms with E-state index in [4.69, 9.17) is 11.6 Å². The normalized spacial score (nSPS) is 11.4. The topological polar surface area (TPSA) is 61.6 Å². The number of pyridine rings is 1. The summed E-state index contributed by atoms with van der Waals surface area (Å²) in [6, 6.07) is 19.7. The Hall–Kier alpha value is -3.20. The minimum atomic E-state index is 0.467. The zero-order chi connectivity index (χ0) is 19.5. The third kappa shape index (κ3) is 3.74. The van der Waals surface area contributed by atoms with Crippen LogP contribution in [0.3, 0.4) is 0 Å². The molecular formula is C22H15ClN4S. The second-order valence-corrected chi connectivity index (χ2v) is 7.48. The Morgan fingerprint density at radius 3 is 2.71 bits per heavy atom. The lowest BCUT2D eigenvalue weighted by Crippen LogP contribution is -1.94. The molecule has 28 heavy (non-hydrogen) atoms. The predicted octanol–water partition coefficient (Wildman–Crippen LogP) is 6.30. The summed E-state index contributed by atoms with van der Waals surface area (Å²) < 4.78 is 0. The van der Waals surface area contributed by atoms with Gasteiger partial charge in [0.05, 0.1) is 16.9 Å². The van der Waals surface area contributed by atoms with Crippen molar-refractivity contribution in [3.05, 3.63) is 81.9 Å². The van der Waals surface area contributed by atoms with Gasteiger partial charge in [-0.25, -0.2) is 4.98 Å². The van der Waals surface area contributed by atoms with E-state index in [9.17, 15) is 5.26 Å². The van der Waals surface area contributed by atoms with Gasteiger partial charge in [0.15, 0.2) is 0 Å². The van der Waals surface area contributed by atoms with Gasteiger partial charge in [-0.1, -0.05) is 41.9 Å². The fourth-order valence-corrected chi connectivity index (χ4v) is 3.72. The van der Waals surface area contributed by atoms with Crippen LogP contribution >= 0.6 is 22.9 Å². The number of hydrogen-bond acceptors (Lipinski definition) is 5. The summed E-state index contributed by atoms with van der Waals surface area (Å²) >= 11 is 7.38. The van der Waals surface area contributed by atoms with Crippen LogP contribution in [0.25, 0.3) is 27.7 Å². The average molecular weight is 403 g/mol. The Morgan fingerprint density at radius 1 is 1.11 bits per heavy atom. The van der Waals surface area contributed by atoms with E-state index in [0.717, 1.165) is 33.5 Å². The van der Waals surface area contributed by atoms with E-state index in [2.05, 4.69) is 21.4 Å². The molecule has 6 heteroatoms. The molecule has 0 unspecified atom stereocenters. The number of halogens is 1. The molecule has 1 N–H and O–H groups in total. The van der Waals surface area contributed by atoms with Crippen molar-refractivity contribution in [3.63, 3.8) is 0 Å². The van der Waals surface area contributed by atoms with Crippen LogP contribution < -0.4 is 5.32 Å². The molecule has 0 saturated heterocycles. The van der Waals surface area contributed by atoms with Gasteiger partial charge in [-0.3, -0.25) is 4.98 Å². The van der Waals surface area contributed by atoms with Gasteiger partial charge >= 0.3 is 0 Å². The molecule has 2 aromatic carbocycles. The van der Waals surface area contributed by atoms with Crippen LogP contribution in [0.5, 0.6) is 0 Å². The second-order valence-electron chi connectivity index (χ2n) is 6.19. The summed E-state index contributed by atoms with van der Waals surface area (Å²) in [5, 5.41) is 17.1. The van der Waals surface area contributed by atoms with Gasteiger partial charge in [-0.15, -0.1) is 11.3 Å². The summed E-state index contributed by atoms with van der Waals surface area (Å²) in [5.74, 6) is 0. The molecule has 0 atom stereocenters. The van der Waals surface area contributed by atoms with Gasteiger partial charge in [0, 0.05) is 33.2 Å². The van der Waals surface area contributed by atoms with Gasteiger partial charge in [-0.2, -0.15) is 5.26 Å². The Labute approximate surface area is 171 Å². The first-order valence-corrected chi connectivity index (χ1v) is 9.85. The van der Waals surface area contributed by atoms with Crippen molar-refractivity contribution in [1.29, 1.82) is 5.26 Å². The largest absolute Gasteiger partial charge is 0.359 e. The standard InChI is InChI=1S/C22H15ClN4S/c1-14-5-6-16-3-2-4-19(21(16)26-14)25-12-17(11-24)22-27-20(13-28-22)15-7-9-18(23)10-8-15/h2-10,12-13,25H,1H3/b17-12+. The number of hydrogen-bond donors (Lipinski definition) is 1. The lowest BCUT2D eigenvalue weighted by molar-refractivity contribution is 1.25. The average Bonchev–Trinajstić information content (AvgIpc) is 3.19. The second kappa shape index (κ2) is 7.81. The third-order valence-corrected chi connectivity index (χ3v) is 5.35. The number of fused-ring (bicyclic) bond motifs is 1. The van der Waals surface area contributed by atoms with Crippen LogP contribution in [0.2, 0.25) is 5.02 Å². The van der Waals surface area contributed by atoms with E-state index in [-0.39, 0.29) is 0 Å². The quantitative estimate of drug-likeness (QED) is 0.407. The molecule has 0 aliphatic heterocycles. The van der Waals surface area contributed by atoms with Gasteiger partial charge in [0.2, 0.25) is 0 Å². The summed E-state index contributed by atoms with van der Waals surface area (Å²) in [5.41, 5.74) is 4.92. The van der Waals surface area contributed by atoms with E-state index < -0.39 is 0 Å². The Kier molecular flexibility index (Phi) is 5.07. The Balaban J connectivity index is 1.63. The maximum absolute atomic E-state index is 9.61. The molecule has 0 fully saturated rings. The first kappa shape index (κ1) is 18.2. The zero-order valence-electron chi connectivity index (χ0n) is 15.0. The highest BCUT2D eigenvalue weighted by atomic mass is 35.5. The molecule has 4 aromatic rings. The number of thiazole rings is 1. The van der Waals surface area contributed by atoms with E-state index in [0.29, 0.717) is 15.6 Å². The summed E-state index contributed by atoms with van der Waals surface area (Å²) in [6.45, 7) is 1.96. The van der Waals surface area contributed by atoms with Gasteiger partial charge in [-0.05, 0) is 31.2 Å². The number of nitrogens with one attached hydrogen (secondary N) is 1. The summed E-state index contributed by atoms with van der Waals surface area (Å²) in [6.07, 6.45) is 1.68. The van der Waals surface area contributed by atoms with E-state index >= 15 is 0 Å². The Morgan fingerprint density at radius 2 is 1.93 bits per heavy atom. The van der Waals surface area contributed by atoms with Crippen LogP contribution in [0.4, 0.5) is 5.69 Å². The molecule has 0 aliphatic rings. The van der Waals surface area contributed by atoms with Crippen molar-refractivity contribution >= 4 is 45.1 Å². The number of aryl methyl sites for hydroxylation is 1. The molecule has 0 amide bonds. The first-order valence-electron chi connectivity index (χ1n) is 8.59. The van der Waals surface area contributed by atoms with Gasteiger partial charge < -0.3 is 5.32 Å². The van der Waals surface area contributed by atoms with Crippen molar-refractivity contribution in [3.8, 4) is 17.3 Å². The minimum absolute atomic E-state index is 0.467. The highest BCUT2D eigenvalue weighted by Crippen LogP contribution is 2.28. The molecule has 0 spiro atoms. The number of rotatable bonds is 4. The number of aromatic nitrogens is 2. The minimum Gasteiger partial charge on any atom is -0.359 e. The number of nitrogens with zero attached hydrogens (tertiary/aromatic N) is 3. The van der Waals surface area contributed by atoms with Crippen LogP contribution in [-0.4, -0.2) is 9.97 Å². The van der Waals surface area contributed by atoms with Crippen molar-refractivity contribution in [1.82, 2.24) is 9.97 Å². The number of allylic oxidation sites excluding steroid dienone is 1. The highest BCUT2D eigenvalue weighted by molar-refractivity contribution is 7.11. The molecule has 2 heterocycles. The van der Waals surface area contributed by atoms with E-state index in [1.54, 1.807) is 6.20 Å². The molecule has 136 valence electrons. The van der Waals surface area contributed by atoms with Crippen LogP contribution in [0, 0.1) is 18.3 Å². The molecule has 4 nitrogen and oxygen atoms in total. The molecule has 0 saturated carbocycles. The van der Waals surface area contributed by atoms with Crippen molar-refractivity contribution < 1.29 is 0 Å². The molecule has 0 aliphatic carbocycles. The molecule has 0 radical (unpaired) electrons. The lowest BCUT2D eigenvalue weighted by Gasteiger charge is -2.06. The predicted molar refractivity (Wildman–Crippen MR) is 116 cm³/mol. The van der Waals surface area contributed by atoms with Crippen molar-refractivity contribution in [2.24, 2.45) is 0 Å². The van der Waals surface area contributed by atoms with Crippen LogP contribution in [0.1, 0.15) is 10.7 Å². The van der Waals surface area contributed by atoms with Crippen LogP contribution in [-0.2, 0) is 0 Å². The van der Waals surface area contributed by atoms with Gasteiger partial charge in [0.25, 0.3) is 0 Å².